The minimum atomic E-state index is -1.41. The van der Waals surface area contributed by atoms with Gasteiger partial charge in [0.05, 0.1) is 0 Å². The van der Waals surface area contributed by atoms with Gasteiger partial charge in [0, 0.05) is 26.6 Å². The lowest BCUT2D eigenvalue weighted by Crippen LogP contribution is -2.60. The van der Waals surface area contributed by atoms with Crippen LogP contribution in [0.4, 0.5) is 0 Å². The Morgan fingerprint density at radius 1 is 0.926 bits per heavy atom. The number of allylic oxidation sites excluding steroid dienone is 1. The molecule has 296 valence electrons. The highest BCUT2D eigenvalue weighted by Crippen LogP contribution is 2.23. The van der Waals surface area contributed by atoms with Crippen molar-refractivity contribution in [2.24, 2.45) is 0 Å². The number of fused-ring (bicyclic) bond motifs is 2. The zero-order valence-corrected chi connectivity index (χ0v) is 32.4. The SMILES string of the molecule is CCCCCCCC=CC(=O)N[C@@H](Cc1ccccc1C)C(=O)N[C@H]1COC(=O)[C@@H]2CCCN2C(=O)[C@H](C)NC(=O)[C@H](C)N(C)C(=O)[C@@H]2CCCN2C1=O. The molecule has 14 nitrogen and oxygen atoms in total. The predicted octanol–water partition coefficient (Wildman–Crippen LogP) is 2.31. The Morgan fingerprint density at radius 3 is 2.30 bits per heavy atom. The van der Waals surface area contributed by atoms with Gasteiger partial charge in [-0.25, -0.2) is 4.79 Å². The molecule has 0 saturated carbocycles. The highest BCUT2D eigenvalue weighted by Gasteiger charge is 2.43. The van der Waals surface area contributed by atoms with Crippen LogP contribution < -0.4 is 16.0 Å². The van der Waals surface area contributed by atoms with Crippen LogP contribution in [0.2, 0.25) is 0 Å². The van der Waals surface area contributed by atoms with Crippen LogP contribution in [0.15, 0.2) is 36.4 Å². The van der Waals surface area contributed by atoms with Crippen LogP contribution in [0.25, 0.3) is 0 Å². The van der Waals surface area contributed by atoms with Crippen molar-refractivity contribution in [3.63, 3.8) is 0 Å². The standard InChI is InChI=1S/C40H58N6O8/c1-6-7-8-9-10-11-12-21-34(47)42-30(24-29-18-14-13-17-26(29)2)36(49)43-31-25-54-40(53)33-20-16-23-46(33)37(50)27(3)41-35(48)28(4)44(5)39(52)32-19-15-22-45(32)38(31)51/h12-14,17-18,21,27-28,30-33H,6-11,15-16,19-20,22-25H2,1-5H3,(H,41,48)(H,42,47)(H,43,49)/t27-,28-,30-,31-,32-,33-/m0/s1. The zero-order chi connectivity index (χ0) is 39.4. The summed E-state index contributed by atoms with van der Waals surface area (Å²) in [6.07, 6.45) is 11.2. The number of cyclic esters (lactones) is 1. The third kappa shape index (κ3) is 10.9. The molecule has 3 aliphatic rings. The normalized spacial score (nSPS) is 24.9. The number of hydrogen-bond acceptors (Lipinski definition) is 8. The van der Waals surface area contributed by atoms with Crippen LogP contribution in [-0.2, 0) is 44.7 Å². The Morgan fingerprint density at radius 2 is 1.59 bits per heavy atom. The summed E-state index contributed by atoms with van der Waals surface area (Å²) in [4.78, 5) is 99.5. The number of nitrogens with zero attached hydrogens (tertiary/aromatic N) is 3. The predicted molar refractivity (Wildman–Crippen MR) is 202 cm³/mol. The van der Waals surface area contributed by atoms with Gasteiger partial charge in [-0.1, -0.05) is 62.9 Å². The Kier molecular flexibility index (Phi) is 15.6. The highest BCUT2D eigenvalue weighted by atomic mass is 16.5. The van der Waals surface area contributed by atoms with E-state index in [-0.39, 0.29) is 19.5 Å². The van der Waals surface area contributed by atoms with E-state index in [0.29, 0.717) is 25.7 Å². The van der Waals surface area contributed by atoms with Crippen LogP contribution in [0.1, 0.15) is 96.1 Å². The molecule has 0 bridgehead atoms. The van der Waals surface area contributed by atoms with Crippen molar-refractivity contribution in [1.29, 1.82) is 0 Å². The largest absolute Gasteiger partial charge is 0.461 e. The topological polar surface area (TPSA) is 175 Å². The van der Waals surface area contributed by atoms with E-state index < -0.39 is 84.3 Å². The van der Waals surface area contributed by atoms with E-state index in [0.717, 1.165) is 43.2 Å². The minimum Gasteiger partial charge on any atom is -0.461 e. The maximum atomic E-state index is 14.3. The molecule has 3 N–H and O–H groups in total. The molecular formula is C40H58N6O8. The molecule has 0 spiro atoms. The van der Waals surface area contributed by atoms with Crippen LogP contribution in [0.5, 0.6) is 0 Å². The molecule has 6 atom stereocenters. The molecule has 3 saturated heterocycles. The average Bonchev–Trinajstić information content (AvgIpc) is 3.85. The van der Waals surface area contributed by atoms with Crippen molar-refractivity contribution < 1.29 is 38.3 Å². The van der Waals surface area contributed by atoms with E-state index in [9.17, 15) is 33.6 Å². The molecule has 4 rings (SSSR count). The van der Waals surface area contributed by atoms with E-state index in [1.54, 1.807) is 13.0 Å². The Bertz CT molecular complexity index is 1560. The number of benzene rings is 1. The Hall–Kier alpha value is -4.75. The molecule has 6 amide bonds. The molecule has 54 heavy (non-hydrogen) atoms. The monoisotopic (exact) mass is 750 g/mol. The van der Waals surface area contributed by atoms with Crippen LogP contribution >= 0.6 is 0 Å². The Balaban J connectivity index is 1.61. The molecular weight excluding hydrogens is 692 g/mol. The Labute approximate surface area is 318 Å². The summed E-state index contributed by atoms with van der Waals surface area (Å²) >= 11 is 0. The number of rotatable bonds is 12. The van der Waals surface area contributed by atoms with Gasteiger partial charge in [-0.3, -0.25) is 28.8 Å². The first-order valence-electron chi connectivity index (χ1n) is 19.5. The number of ether oxygens (including phenoxy) is 1. The van der Waals surface area contributed by atoms with Crippen LogP contribution in [0, 0.1) is 6.92 Å². The minimum absolute atomic E-state index is 0.128. The summed E-state index contributed by atoms with van der Waals surface area (Å²) in [5.74, 6) is -4.01. The van der Waals surface area contributed by atoms with Gasteiger partial charge in [0.15, 0.2) is 0 Å². The second-order valence-electron chi connectivity index (χ2n) is 14.7. The van der Waals surface area contributed by atoms with Gasteiger partial charge in [-0.2, -0.15) is 0 Å². The first-order chi connectivity index (χ1) is 25.8. The van der Waals surface area contributed by atoms with Crippen molar-refractivity contribution in [1.82, 2.24) is 30.7 Å². The number of aryl methyl sites for hydroxylation is 1. The van der Waals surface area contributed by atoms with E-state index in [1.165, 1.54) is 41.2 Å². The van der Waals surface area contributed by atoms with Gasteiger partial charge in [0.25, 0.3) is 0 Å². The van der Waals surface area contributed by atoms with Crippen LogP contribution in [0.3, 0.4) is 0 Å². The summed E-state index contributed by atoms with van der Waals surface area (Å²) in [5.41, 5.74) is 1.73. The number of carbonyl (C=O) groups is 7. The van der Waals surface area contributed by atoms with E-state index >= 15 is 0 Å². The average molecular weight is 751 g/mol. The highest BCUT2D eigenvalue weighted by molar-refractivity contribution is 5.98. The van der Waals surface area contributed by atoms with Crippen molar-refractivity contribution in [2.75, 3.05) is 26.7 Å². The molecule has 3 aliphatic heterocycles. The fraction of sp³-hybridized carbons (Fsp3) is 0.625. The lowest BCUT2D eigenvalue weighted by molar-refractivity contribution is -0.158. The number of unbranched alkanes of at least 4 members (excludes halogenated alkanes) is 5. The van der Waals surface area contributed by atoms with Crippen molar-refractivity contribution >= 4 is 41.4 Å². The third-order valence-electron chi connectivity index (χ3n) is 10.7. The summed E-state index contributed by atoms with van der Waals surface area (Å²) in [5, 5.41) is 8.22. The number of likely N-dealkylation sites (N-methyl/N-ethyl adjacent to an activating group) is 1. The van der Waals surface area contributed by atoms with E-state index in [2.05, 4.69) is 22.9 Å². The zero-order valence-electron chi connectivity index (χ0n) is 32.4. The van der Waals surface area contributed by atoms with Crippen molar-refractivity contribution in [3.05, 3.63) is 47.5 Å². The van der Waals surface area contributed by atoms with Gasteiger partial charge in [-0.15, -0.1) is 0 Å². The fourth-order valence-corrected chi connectivity index (χ4v) is 7.26. The summed E-state index contributed by atoms with van der Waals surface area (Å²) in [6.45, 7) is 7.05. The molecule has 0 aromatic heterocycles. The van der Waals surface area contributed by atoms with Gasteiger partial charge in [-0.05, 0) is 76.5 Å². The number of amides is 6. The first kappa shape index (κ1) is 42.0. The van der Waals surface area contributed by atoms with Gasteiger partial charge >= 0.3 is 5.97 Å². The van der Waals surface area contributed by atoms with Gasteiger partial charge in [0.2, 0.25) is 35.4 Å². The summed E-state index contributed by atoms with van der Waals surface area (Å²) in [7, 11) is 1.47. The number of esters is 1. The maximum absolute atomic E-state index is 14.3. The third-order valence-corrected chi connectivity index (χ3v) is 10.7. The molecule has 0 unspecified atom stereocenters. The second-order valence-corrected chi connectivity index (χ2v) is 14.7. The molecule has 14 heteroatoms. The maximum Gasteiger partial charge on any atom is 0.328 e. The van der Waals surface area contributed by atoms with Gasteiger partial charge in [0.1, 0.15) is 42.9 Å². The number of nitrogens with one attached hydrogen (secondary N) is 3. The molecule has 1 aromatic rings. The smallest absolute Gasteiger partial charge is 0.328 e. The molecule has 3 heterocycles. The van der Waals surface area contributed by atoms with Gasteiger partial charge < -0.3 is 35.4 Å². The van der Waals surface area contributed by atoms with E-state index in [4.69, 9.17) is 4.74 Å². The van der Waals surface area contributed by atoms with E-state index in [1.807, 2.05) is 31.2 Å². The number of hydrogen-bond donors (Lipinski definition) is 3. The van der Waals surface area contributed by atoms with Crippen molar-refractivity contribution in [3.8, 4) is 0 Å². The lowest BCUT2D eigenvalue weighted by atomic mass is 10.00. The molecule has 0 radical (unpaired) electrons. The lowest BCUT2D eigenvalue weighted by Gasteiger charge is -2.34. The summed E-state index contributed by atoms with van der Waals surface area (Å²) < 4.78 is 5.68. The molecule has 3 fully saturated rings. The van der Waals surface area contributed by atoms with Crippen molar-refractivity contribution in [2.45, 2.75) is 135 Å². The first-order valence-corrected chi connectivity index (χ1v) is 19.5. The van der Waals surface area contributed by atoms with Crippen LogP contribution in [-0.4, -0.2) is 119 Å². The summed E-state index contributed by atoms with van der Waals surface area (Å²) in [6, 6.07) is 1.17. The number of carbonyl (C=O) groups excluding carboxylic acids is 7. The molecule has 1 aromatic carbocycles. The second kappa shape index (κ2) is 20.1. The quantitative estimate of drug-likeness (QED) is 0.166. The fourth-order valence-electron chi connectivity index (χ4n) is 7.26. The molecule has 0 aliphatic carbocycles.